The van der Waals surface area contributed by atoms with Gasteiger partial charge >= 0.3 is 0 Å². The van der Waals surface area contributed by atoms with E-state index in [1.165, 1.54) is 10.9 Å². The van der Waals surface area contributed by atoms with Crippen LogP contribution in [-0.2, 0) is 11.3 Å². The summed E-state index contributed by atoms with van der Waals surface area (Å²) in [4.78, 5) is 13.8. The second-order valence-corrected chi connectivity index (χ2v) is 6.70. The van der Waals surface area contributed by atoms with Gasteiger partial charge in [-0.1, -0.05) is 25.5 Å². The highest BCUT2D eigenvalue weighted by molar-refractivity contribution is 5.78. The van der Waals surface area contributed by atoms with Crippen molar-refractivity contribution in [1.29, 1.82) is 0 Å². The van der Waals surface area contributed by atoms with Crippen molar-refractivity contribution < 1.29 is 9.21 Å². The predicted octanol–water partition coefficient (Wildman–Crippen LogP) is 3.48. The van der Waals surface area contributed by atoms with E-state index in [0.717, 1.165) is 37.4 Å². The third kappa shape index (κ3) is 3.58. The maximum Gasteiger partial charge on any atom is 0.222 e. The summed E-state index contributed by atoms with van der Waals surface area (Å²) in [6.07, 6.45) is 1.61. The Morgan fingerprint density at radius 3 is 2.96 bits per heavy atom. The highest BCUT2D eigenvalue weighted by Gasteiger charge is 2.27. The molecule has 1 fully saturated rings. The van der Waals surface area contributed by atoms with E-state index in [9.17, 15) is 4.79 Å². The van der Waals surface area contributed by atoms with Crippen molar-refractivity contribution in [2.24, 2.45) is 5.92 Å². The van der Waals surface area contributed by atoms with E-state index >= 15 is 0 Å². The van der Waals surface area contributed by atoms with Gasteiger partial charge in [0.2, 0.25) is 5.91 Å². The summed E-state index contributed by atoms with van der Waals surface area (Å²) in [5, 5.41) is 4.77. The number of hydrogen-bond donors (Lipinski definition) is 1. The Morgan fingerprint density at radius 1 is 1.39 bits per heavy atom. The van der Waals surface area contributed by atoms with Crippen LogP contribution in [0, 0.1) is 12.8 Å². The maximum atomic E-state index is 11.8. The molecule has 0 saturated carbocycles. The predicted molar refractivity (Wildman–Crippen MR) is 92.2 cm³/mol. The molecule has 1 amide bonds. The van der Waals surface area contributed by atoms with Gasteiger partial charge in [0.1, 0.15) is 11.3 Å². The molecule has 0 spiro atoms. The molecule has 1 aliphatic rings. The third-order valence-corrected chi connectivity index (χ3v) is 4.82. The van der Waals surface area contributed by atoms with Crippen LogP contribution in [0.4, 0.5) is 0 Å². The molecule has 0 aliphatic carbocycles. The topological polar surface area (TPSA) is 45.5 Å². The van der Waals surface area contributed by atoms with Gasteiger partial charge in [-0.15, -0.1) is 0 Å². The van der Waals surface area contributed by atoms with Gasteiger partial charge in [-0.2, -0.15) is 0 Å². The van der Waals surface area contributed by atoms with Crippen LogP contribution in [0.2, 0.25) is 0 Å². The molecule has 1 aromatic heterocycles. The minimum atomic E-state index is 0.267. The Kier molecular flexibility index (Phi) is 4.71. The fraction of sp³-hybridized carbons (Fsp3) is 0.526. The number of benzene rings is 1. The van der Waals surface area contributed by atoms with E-state index in [0.29, 0.717) is 18.4 Å². The van der Waals surface area contributed by atoms with E-state index in [1.807, 2.05) is 17.9 Å². The standard InChI is InChI=1S/C19H26N2O2/c1-4-19(22)21-8-7-17(14(3)12-21)20-11-16-10-15-9-13(2)5-6-18(15)23-16/h5-6,9-10,14,17,20H,4,7-8,11-12H2,1-3H3. The van der Waals surface area contributed by atoms with Crippen LogP contribution in [0.3, 0.4) is 0 Å². The zero-order valence-electron chi connectivity index (χ0n) is 14.3. The molecule has 23 heavy (non-hydrogen) atoms. The Labute approximate surface area is 137 Å². The zero-order chi connectivity index (χ0) is 16.4. The third-order valence-electron chi connectivity index (χ3n) is 4.82. The number of furan rings is 1. The molecular weight excluding hydrogens is 288 g/mol. The van der Waals surface area contributed by atoms with Crippen LogP contribution in [0.25, 0.3) is 11.0 Å². The van der Waals surface area contributed by atoms with Crippen molar-refractivity contribution in [3.05, 3.63) is 35.6 Å². The minimum absolute atomic E-state index is 0.267. The number of nitrogens with zero attached hydrogens (tertiary/aromatic N) is 1. The minimum Gasteiger partial charge on any atom is -0.460 e. The molecule has 2 aromatic rings. The van der Waals surface area contributed by atoms with Gasteiger partial charge in [0.05, 0.1) is 6.54 Å². The van der Waals surface area contributed by atoms with Crippen molar-refractivity contribution in [2.75, 3.05) is 13.1 Å². The zero-order valence-corrected chi connectivity index (χ0v) is 14.3. The van der Waals surface area contributed by atoms with E-state index in [-0.39, 0.29) is 5.91 Å². The highest BCUT2D eigenvalue weighted by Crippen LogP contribution is 2.22. The Morgan fingerprint density at radius 2 is 2.22 bits per heavy atom. The van der Waals surface area contributed by atoms with Crippen molar-refractivity contribution in [3.63, 3.8) is 0 Å². The SMILES string of the molecule is CCC(=O)N1CCC(NCc2cc3cc(C)ccc3o2)C(C)C1. The number of aryl methyl sites for hydroxylation is 1. The van der Waals surface area contributed by atoms with Crippen molar-refractivity contribution in [2.45, 2.75) is 46.2 Å². The van der Waals surface area contributed by atoms with Crippen LogP contribution in [0.5, 0.6) is 0 Å². The first-order chi connectivity index (χ1) is 11.1. The lowest BCUT2D eigenvalue weighted by atomic mass is 9.93. The normalized spacial score (nSPS) is 21.8. The molecule has 0 radical (unpaired) electrons. The molecule has 4 nitrogen and oxygen atoms in total. The number of piperidine rings is 1. The number of hydrogen-bond acceptors (Lipinski definition) is 3. The summed E-state index contributed by atoms with van der Waals surface area (Å²) in [5.41, 5.74) is 2.20. The van der Waals surface area contributed by atoms with Gasteiger partial charge in [0.25, 0.3) is 0 Å². The number of amides is 1. The summed E-state index contributed by atoms with van der Waals surface area (Å²) >= 11 is 0. The molecule has 3 rings (SSSR count). The van der Waals surface area contributed by atoms with Crippen LogP contribution in [0.15, 0.2) is 28.7 Å². The number of carbonyl (C=O) groups is 1. The Bertz CT molecular complexity index is 692. The molecule has 124 valence electrons. The first-order valence-electron chi connectivity index (χ1n) is 8.57. The molecule has 0 bridgehead atoms. The summed E-state index contributed by atoms with van der Waals surface area (Å²) in [7, 11) is 0. The monoisotopic (exact) mass is 314 g/mol. The van der Waals surface area contributed by atoms with Crippen LogP contribution in [-0.4, -0.2) is 29.9 Å². The first-order valence-corrected chi connectivity index (χ1v) is 8.57. The van der Waals surface area contributed by atoms with Gasteiger partial charge in [-0.05, 0) is 37.5 Å². The van der Waals surface area contributed by atoms with Gasteiger partial charge in [0.15, 0.2) is 0 Å². The van der Waals surface area contributed by atoms with E-state index in [2.05, 4.69) is 37.4 Å². The van der Waals surface area contributed by atoms with E-state index in [4.69, 9.17) is 4.42 Å². The summed E-state index contributed by atoms with van der Waals surface area (Å²) in [5.74, 6) is 1.71. The fourth-order valence-electron chi connectivity index (χ4n) is 3.44. The number of likely N-dealkylation sites (tertiary alicyclic amines) is 1. The molecule has 1 aliphatic heterocycles. The number of fused-ring (bicyclic) bond motifs is 1. The molecule has 2 heterocycles. The molecule has 1 N–H and O–H groups in total. The molecular formula is C19H26N2O2. The lowest BCUT2D eigenvalue weighted by molar-refractivity contribution is -0.132. The van der Waals surface area contributed by atoms with Crippen LogP contribution >= 0.6 is 0 Å². The first kappa shape index (κ1) is 16.1. The maximum absolute atomic E-state index is 11.8. The van der Waals surface area contributed by atoms with Crippen LogP contribution in [0.1, 0.15) is 38.0 Å². The second-order valence-electron chi connectivity index (χ2n) is 6.70. The average molecular weight is 314 g/mol. The van der Waals surface area contributed by atoms with Gasteiger partial charge in [-0.3, -0.25) is 4.79 Å². The Balaban J connectivity index is 1.58. The average Bonchev–Trinajstić information content (AvgIpc) is 2.94. The van der Waals surface area contributed by atoms with Gasteiger partial charge < -0.3 is 14.6 Å². The summed E-state index contributed by atoms with van der Waals surface area (Å²) in [6, 6.07) is 8.82. The van der Waals surface area contributed by atoms with E-state index < -0.39 is 0 Å². The van der Waals surface area contributed by atoms with Gasteiger partial charge in [-0.25, -0.2) is 0 Å². The van der Waals surface area contributed by atoms with Crippen molar-refractivity contribution >= 4 is 16.9 Å². The van der Waals surface area contributed by atoms with Crippen molar-refractivity contribution in [3.8, 4) is 0 Å². The fourth-order valence-corrected chi connectivity index (χ4v) is 3.44. The smallest absolute Gasteiger partial charge is 0.222 e. The van der Waals surface area contributed by atoms with Gasteiger partial charge in [0, 0.05) is 30.9 Å². The largest absolute Gasteiger partial charge is 0.460 e. The summed E-state index contributed by atoms with van der Waals surface area (Å²) in [6.45, 7) is 8.69. The van der Waals surface area contributed by atoms with Crippen LogP contribution < -0.4 is 5.32 Å². The molecule has 2 unspecified atom stereocenters. The number of nitrogens with one attached hydrogen (secondary N) is 1. The van der Waals surface area contributed by atoms with E-state index in [1.54, 1.807) is 0 Å². The quantitative estimate of drug-likeness (QED) is 0.940. The molecule has 4 heteroatoms. The highest BCUT2D eigenvalue weighted by atomic mass is 16.3. The molecule has 1 saturated heterocycles. The molecule has 1 aromatic carbocycles. The summed E-state index contributed by atoms with van der Waals surface area (Å²) < 4.78 is 5.90. The number of carbonyl (C=O) groups excluding carboxylic acids is 1. The lowest BCUT2D eigenvalue weighted by Crippen LogP contribution is -2.49. The lowest BCUT2D eigenvalue weighted by Gasteiger charge is -2.37. The molecule has 2 atom stereocenters. The Hall–Kier alpha value is -1.81. The number of rotatable bonds is 4. The van der Waals surface area contributed by atoms with Crippen molar-refractivity contribution in [1.82, 2.24) is 10.2 Å². The second kappa shape index (κ2) is 6.75.